The first-order chi connectivity index (χ1) is 8.13. The molecular formula is C13H17NO3. The van der Waals surface area contributed by atoms with E-state index >= 15 is 0 Å². The quantitative estimate of drug-likeness (QED) is 0.787. The fourth-order valence-electron chi connectivity index (χ4n) is 2.30. The lowest BCUT2D eigenvalue weighted by Gasteiger charge is -2.31. The van der Waals surface area contributed by atoms with Crippen LogP contribution in [0.25, 0.3) is 0 Å². The van der Waals surface area contributed by atoms with E-state index < -0.39 is 11.9 Å². The Morgan fingerprint density at radius 3 is 3.00 bits per heavy atom. The van der Waals surface area contributed by atoms with Crippen LogP contribution >= 0.6 is 0 Å². The molecule has 0 spiro atoms. The zero-order valence-electron chi connectivity index (χ0n) is 9.85. The second kappa shape index (κ2) is 4.65. The Labute approximate surface area is 100 Å². The Bertz CT molecular complexity index is 431. The van der Waals surface area contributed by atoms with Crippen LogP contribution in [0.3, 0.4) is 0 Å². The smallest absolute Gasteiger partial charge is 0.310 e. The standard InChI is InChI=1S/C13H17NO3/c1-2-4-11-9(13(15)16)7-8-10(14)5-3-6-12(8)17-11/h3,5-6,9,11H,2,4,7,14H2,1H3,(H,15,16). The molecule has 0 radical (unpaired) electrons. The number of hydrogen-bond acceptors (Lipinski definition) is 3. The van der Waals surface area contributed by atoms with Crippen LogP contribution in [-0.2, 0) is 11.2 Å². The number of rotatable bonds is 3. The van der Waals surface area contributed by atoms with Crippen molar-refractivity contribution in [1.82, 2.24) is 0 Å². The second-order valence-corrected chi connectivity index (χ2v) is 4.42. The molecular weight excluding hydrogens is 218 g/mol. The summed E-state index contributed by atoms with van der Waals surface area (Å²) in [6.45, 7) is 2.02. The van der Waals surface area contributed by atoms with E-state index in [1.807, 2.05) is 19.1 Å². The van der Waals surface area contributed by atoms with Crippen molar-refractivity contribution >= 4 is 11.7 Å². The van der Waals surface area contributed by atoms with Gasteiger partial charge in [0.25, 0.3) is 0 Å². The van der Waals surface area contributed by atoms with Crippen LogP contribution in [0, 0.1) is 5.92 Å². The molecule has 0 aliphatic carbocycles. The van der Waals surface area contributed by atoms with Gasteiger partial charge in [0, 0.05) is 11.3 Å². The van der Waals surface area contributed by atoms with Crippen LogP contribution in [0.5, 0.6) is 5.75 Å². The van der Waals surface area contributed by atoms with Gasteiger partial charge in [-0.15, -0.1) is 0 Å². The van der Waals surface area contributed by atoms with Gasteiger partial charge in [0.05, 0.1) is 5.92 Å². The summed E-state index contributed by atoms with van der Waals surface area (Å²) in [5.41, 5.74) is 7.29. The molecule has 1 aliphatic heterocycles. The Morgan fingerprint density at radius 1 is 1.59 bits per heavy atom. The maximum absolute atomic E-state index is 11.2. The SMILES string of the molecule is CCCC1Oc2cccc(N)c2CC1C(=O)O. The minimum atomic E-state index is -0.808. The van der Waals surface area contributed by atoms with Crippen molar-refractivity contribution in [2.75, 3.05) is 5.73 Å². The summed E-state index contributed by atoms with van der Waals surface area (Å²) >= 11 is 0. The number of anilines is 1. The highest BCUT2D eigenvalue weighted by atomic mass is 16.5. The summed E-state index contributed by atoms with van der Waals surface area (Å²) < 4.78 is 5.77. The van der Waals surface area contributed by atoms with E-state index in [-0.39, 0.29) is 6.10 Å². The average molecular weight is 235 g/mol. The second-order valence-electron chi connectivity index (χ2n) is 4.42. The lowest BCUT2D eigenvalue weighted by molar-refractivity contribution is -0.145. The van der Waals surface area contributed by atoms with Gasteiger partial charge in [0.15, 0.2) is 0 Å². The maximum Gasteiger partial charge on any atom is 0.310 e. The van der Waals surface area contributed by atoms with E-state index in [1.54, 1.807) is 6.07 Å². The van der Waals surface area contributed by atoms with Crippen molar-refractivity contribution in [3.8, 4) is 5.75 Å². The highest BCUT2D eigenvalue weighted by molar-refractivity contribution is 5.73. The topological polar surface area (TPSA) is 72.5 Å². The molecule has 3 N–H and O–H groups in total. The Hall–Kier alpha value is -1.71. The number of carboxylic acid groups (broad SMARTS) is 1. The number of nitrogens with two attached hydrogens (primary N) is 1. The number of hydrogen-bond donors (Lipinski definition) is 2. The highest BCUT2D eigenvalue weighted by Crippen LogP contribution is 2.35. The van der Waals surface area contributed by atoms with E-state index in [4.69, 9.17) is 10.5 Å². The summed E-state index contributed by atoms with van der Waals surface area (Å²) in [7, 11) is 0. The van der Waals surface area contributed by atoms with Crippen molar-refractivity contribution in [3.05, 3.63) is 23.8 Å². The third-order valence-corrected chi connectivity index (χ3v) is 3.21. The molecule has 2 rings (SSSR count). The van der Waals surface area contributed by atoms with E-state index in [0.29, 0.717) is 12.1 Å². The van der Waals surface area contributed by atoms with Gasteiger partial charge in [-0.3, -0.25) is 4.79 Å². The van der Waals surface area contributed by atoms with Gasteiger partial charge in [-0.1, -0.05) is 19.4 Å². The van der Waals surface area contributed by atoms with Crippen molar-refractivity contribution in [3.63, 3.8) is 0 Å². The highest BCUT2D eigenvalue weighted by Gasteiger charge is 2.35. The molecule has 92 valence electrons. The summed E-state index contributed by atoms with van der Waals surface area (Å²) in [5.74, 6) is -0.564. The molecule has 1 heterocycles. The van der Waals surface area contributed by atoms with Crippen molar-refractivity contribution in [2.45, 2.75) is 32.3 Å². The lowest BCUT2D eigenvalue weighted by Crippen LogP contribution is -2.38. The fraction of sp³-hybridized carbons (Fsp3) is 0.462. The molecule has 2 atom stereocenters. The predicted molar refractivity (Wildman–Crippen MR) is 65.0 cm³/mol. The fourth-order valence-corrected chi connectivity index (χ4v) is 2.30. The van der Waals surface area contributed by atoms with Crippen LogP contribution in [0.2, 0.25) is 0 Å². The lowest BCUT2D eigenvalue weighted by atomic mass is 9.88. The Morgan fingerprint density at radius 2 is 2.35 bits per heavy atom. The zero-order valence-corrected chi connectivity index (χ0v) is 9.85. The van der Waals surface area contributed by atoms with E-state index in [1.165, 1.54) is 0 Å². The number of carbonyl (C=O) groups is 1. The van der Waals surface area contributed by atoms with Gasteiger partial charge in [-0.25, -0.2) is 0 Å². The van der Waals surface area contributed by atoms with Gasteiger partial charge in [0.1, 0.15) is 11.9 Å². The molecule has 0 amide bonds. The number of ether oxygens (including phenoxy) is 1. The molecule has 4 nitrogen and oxygen atoms in total. The first kappa shape index (κ1) is 11.8. The number of nitrogen functional groups attached to an aromatic ring is 1. The van der Waals surface area contributed by atoms with Crippen molar-refractivity contribution < 1.29 is 14.6 Å². The summed E-state index contributed by atoms with van der Waals surface area (Å²) in [6, 6.07) is 5.46. The van der Waals surface area contributed by atoms with Crippen LogP contribution in [0.15, 0.2) is 18.2 Å². The normalized spacial score (nSPS) is 22.6. The maximum atomic E-state index is 11.2. The van der Waals surface area contributed by atoms with Gasteiger partial charge in [-0.05, 0) is 25.0 Å². The zero-order chi connectivity index (χ0) is 12.4. The third-order valence-electron chi connectivity index (χ3n) is 3.21. The number of fused-ring (bicyclic) bond motifs is 1. The average Bonchev–Trinajstić information content (AvgIpc) is 2.29. The van der Waals surface area contributed by atoms with Crippen LogP contribution in [0.4, 0.5) is 5.69 Å². The molecule has 0 aromatic heterocycles. The van der Waals surface area contributed by atoms with E-state index in [2.05, 4.69) is 0 Å². The first-order valence-corrected chi connectivity index (χ1v) is 5.90. The third kappa shape index (κ3) is 2.20. The molecule has 0 saturated carbocycles. The molecule has 0 fully saturated rings. The molecule has 1 aliphatic rings. The van der Waals surface area contributed by atoms with E-state index in [0.717, 1.165) is 24.2 Å². The van der Waals surface area contributed by atoms with Gasteiger partial charge in [0.2, 0.25) is 0 Å². The molecule has 0 bridgehead atoms. The van der Waals surface area contributed by atoms with Crippen molar-refractivity contribution in [2.24, 2.45) is 5.92 Å². The summed E-state index contributed by atoms with van der Waals surface area (Å²) in [5, 5.41) is 9.23. The minimum absolute atomic E-state index is 0.244. The predicted octanol–water partition coefficient (Wildman–Crippen LogP) is 2.07. The monoisotopic (exact) mass is 235 g/mol. The molecule has 2 unspecified atom stereocenters. The molecule has 1 aromatic rings. The molecule has 17 heavy (non-hydrogen) atoms. The Balaban J connectivity index is 2.33. The Kier molecular flexibility index (Phi) is 3.22. The van der Waals surface area contributed by atoms with E-state index in [9.17, 15) is 9.90 Å². The summed E-state index contributed by atoms with van der Waals surface area (Å²) in [6.07, 6.45) is 1.88. The molecule has 1 aromatic carbocycles. The largest absolute Gasteiger partial charge is 0.489 e. The van der Waals surface area contributed by atoms with Gasteiger partial charge < -0.3 is 15.6 Å². The number of benzene rings is 1. The molecule has 4 heteroatoms. The van der Waals surface area contributed by atoms with Crippen LogP contribution in [-0.4, -0.2) is 17.2 Å². The summed E-state index contributed by atoms with van der Waals surface area (Å²) in [4.78, 5) is 11.2. The minimum Gasteiger partial charge on any atom is -0.489 e. The van der Waals surface area contributed by atoms with Gasteiger partial charge in [-0.2, -0.15) is 0 Å². The van der Waals surface area contributed by atoms with Crippen LogP contribution in [0.1, 0.15) is 25.3 Å². The first-order valence-electron chi connectivity index (χ1n) is 5.90. The van der Waals surface area contributed by atoms with Crippen LogP contribution < -0.4 is 10.5 Å². The molecule has 0 saturated heterocycles. The number of carboxylic acids is 1. The van der Waals surface area contributed by atoms with Gasteiger partial charge >= 0.3 is 5.97 Å². The van der Waals surface area contributed by atoms with Crippen molar-refractivity contribution in [1.29, 1.82) is 0 Å². The number of aliphatic carboxylic acids is 1.